The van der Waals surface area contributed by atoms with Crippen molar-refractivity contribution in [2.45, 2.75) is 31.1 Å². The molecule has 0 amide bonds. The highest BCUT2D eigenvalue weighted by molar-refractivity contribution is 5.95. The molecule has 1 aliphatic carbocycles. The third kappa shape index (κ3) is 1.69. The van der Waals surface area contributed by atoms with Gasteiger partial charge < -0.3 is 10.2 Å². The van der Waals surface area contributed by atoms with Gasteiger partial charge in [0.25, 0.3) is 0 Å². The number of aromatic hydroxyl groups is 1. The van der Waals surface area contributed by atoms with Crippen LogP contribution in [-0.2, 0) is 10.2 Å². The minimum Gasteiger partial charge on any atom is -0.508 e. The average Bonchev–Trinajstić information content (AvgIpc) is 2.89. The molecule has 0 radical (unpaired) electrons. The van der Waals surface area contributed by atoms with Gasteiger partial charge in [-0.25, -0.2) is 0 Å². The largest absolute Gasteiger partial charge is 0.508 e. The minimum atomic E-state index is -0.926. The lowest BCUT2D eigenvalue weighted by Gasteiger charge is -2.26. The Hall–Kier alpha value is -2.03. The molecular weight excluding hydrogens is 240 g/mol. The lowest BCUT2D eigenvalue weighted by atomic mass is 9.76. The molecule has 98 valence electrons. The number of phenols is 1. The number of fused-ring (bicyclic) bond motifs is 1. The average molecular weight is 256 g/mol. The van der Waals surface area contributed by atoms with Gasteiger partial charge >= 0.3 is 5.97 Å². The van der Waals surface area contributed by atoms with Crippen molar-refractivity contribution in [2.75, 3.05) is 0 Å². The van der Waals surface area contributed by atoms with E-state index in [2.05, 4.69) is 0 Å². The third-order valence-corrected chi connectivity index (χ3v) is 4.25. The van der Waals surface area contributed by atoms with E-state index in [0.29, 0.717) is 18.4 Å². The summed E-state index contributed by atoms with van der Waals surface area (Å²) in [5, 5.41) is 21.7. The highest BCUT2D eigenvalue weighted by atomic mass is 16.4. The van der Waals surface area contributed by atoms with Gasteiger partial charge in [0.1, 0.15) is 5.75 Å². The summed E-state index contributed by atoms with van der Waals surface area (Å²) >= 11 is 0. The van der Waals surface area contributed by atoms with E-state index in [-0.39, 0.29) is 5.75 Å². The molecule has 0 bridgehead atoms. The van der Waals surface area contributed by atoms with Crippen LogP contribution in [0.2, 0.25) is 0 Å². The maximum atomic E-state index is 11.8. The van der Waals surface area contributed by atoms with Crippen LogP contribution in [0, 0.1) is 0 Å². The molecule has 3 nitrogen and oxygen atoms in total. The molecule has 1 saturated carbocycles. The maximum Gasteiger partial charge on any atom is 0.314 e. The first-order chi connectivity index (χ1) is 9.15. The van der Waals surface area contributed by atoms with E-state index in [9.17, 15) is 15.0 Å². The molecular formula is C16H16O3. The molecule has 3 rings (SSSR count). The normalized spacial score (nSPS) is 17.7. The van der Waals surface area contributed by atoms with Crippen molar-refractivity contribution in [1.82, 2.24) is 0 Å². The summed E-state index contributed by atoms with van der Waals surface area (Å²) in [6.07, 6.45) is 3.00. The van der Waals surface area contributed by atoms with Crippen LogP contribution in [0.1, 0.15) is 31.2 Å². The Bertz CT molecular complexity index is 639. The second-order valence-electron chi connectivity index (χ2n) is 5.28. The molecule has 0 aliphatic heterocycles. The first kappa shape index (κ1) is 12.0. The molecule has 19 heavy (non-hydrogen) atoms. The smallest absolute Gasteiger partial charge is 0.314 e. The maximum absolute atomic E-state index is 11.8. The summed E-state index contributed by atoms with van der Waals surface area (Å²) < 4.78 is 0. The van der Waals surface area contributed by atoms with Crippen LogP contribution in [0.3, 0.4) is 0 Å². The molecule has 0 heterocycles. The Morgan fingerprint density at radius 1 is 1.05 bits per heavy atom. The van der Waals surface area contributed by atoms with Gasteiger partial charge in [0.05, 0.1) is 5.41 Å². The van der Waals surface area contributed by atoms with Gasteiger partial charge in [-0.3, -0.25) is 4.79 Å². The summed E-state index contributed by atoms with van der Waals surface area (Å²) in [6, 6.07) is 11.1. The van der Waals surface area contributed by atoms with Crippen molar-refractivity contribution < 1.29 is 15.0 Å². The van der Waals surface area contributed by atoms with E-state index in [4.69, 9.17) is 0 Å². The molecule has 1 fully saturated rings. The van der Waals surface area contributed by atoms with Crippen molar-refractivity contribution in [2.24, 2.45) is 0 Å². The first-order valence-electron chi connectivity index (χ1n) is 6.60. The van der Waals surface area contributed by atoms with Crippen LogP contribution in [0.15, 0.2) is 36.4 Å². The summed E-state index contributed by atoms with van der Waals surface area (Å²) in [7, 11) is 0. The van der Waals surface area contributed by atoms with Crippen molar-refractivity contribution in [1.29, 1.82) is 0 Å². The van der Waals surface area contributed by atoms with Crippen LogP contribution in [0.25, 0.3) is 10.8 Å². The van der Waals surface area contributed by atoms with Crippen LogP contribution in [0.5, 0.6) is 5.75 Å². The lowest BCUT2D eigenvalue weighted by molar-refractivity contribution is -0.143. The fourth-order valence-electron chi connectivity index (χ4n) is 3.31. The van der Waals surface area contributed by atoms with Gasteiger partial charge in [0.2, 0.25) is 0 Å². The van der Waals surface area contributed by atoms with E-state index in [1.165, 1.54) is 0 Å². The number of phenolic OH excluding ortho intramolecular Hbond substituents is 1. The molecule has 0 saturated heterocycles. The van der Waals surface area contributed by atoms with Crippen LogP contribution in [0.4, 0.5) is 0 Å². The Balaban J connectivity index is 2.34. The number of benzene rings is 2. The van der Waals surface area contributed by atoms with Gasteiger partial charge in [-0.05, 0) is 29.7 Å². The SMILES string of the molecule is O=C(O)C1(c2c(O)ccc3ccccc23)CCCC1. The zero-order valence-corrected chi connectivity index (χ0v) is 10.6. The first-order valence-corrected chi connectivity index (χ1v) is 6.60. The van der Waals surface area contributed by atoms with Gasteiger partial charge in [-0.2, -0.15) is 0 Å². The Morgan fingerprint density at radius 3 is 2.42 bits per heavy atom. The molecule has 2 aromatic carbocycles. The van der Waals surface area contributed by atoms with E-state index in [1.807, 2.05) is 30.3 Å². The van der Waals surface area contributed by atoms with Gasteiger partial charge in [0.15, 0.2) is 0 Å². The standard InChI is InChI=1S/C16H16O3/c17-13-8-7-11-5-1-2-6-12(11)14(13)16(15(18)19)9-3-4-10-16/h1-2,5-8,17H,3-4,9-10H2,(H,18,19). The molecule has 3 heteroatoms. The van der Waals surface area contributed by atoms with Crippen molar-refractivity contribution in [3.05, 3.63) is 42.0 Å². The Kier molecular flexibility index (Phi) is 2.70. The number of rotatable bonds is 2. The van der Waals surface area contributed by atoms with Gasteiger partial charge in [0, 0.05) is 5.56 Å². The lowest BCUT2D eigenvalue weighted by Crippen LogP contribution is -2.32. The van der Waals surface area contributed by atoms with Gasteiger partial charge in [-0.15, -0.1) is 0 Å². The Labute approximate surface area is 111 Å². The molecule has 2 aromatic rings. The number of hydrogen-bond acceptors (Lipinski definition) is 2. The number of hydrogen-bond donors (Lipinski definition) is 2. The predicted molar refractivity (Wildman–Crippen MR) is 73.4 cm³/mol. The summed E-state index contributed by atoms with van der Waals surface area (Å²) in [5.41, 5.74) is -0.332. The number of carboxylic acids is 1. The van der Waals surface area contributed by atoms with E-state index in [0.717, 1.165) is 23.6 Å². The zero-order valence-electron chi connectivity index (χ0n) is 10.6. The highest BCUT2D eigenvalue weighted by Gasteiger charge is 2.45. The van der Waals surface area contributed by atoms with E-state index < -0.39 is 11.4 Å². The minimum absolute atomic E-state index is 0.100. The van der Waals surface area contributed by atoms with Crippen molar-refractivity contribution >= 4 is 16.7 Å². The summed E-state index contributed by atoms with van der Waals surface area (Å²) in [4.78, 5) is 11.8. The second kappa shape index (κ2) is 4.26. The van der Waals surface area contributed by atoms with E-state index in [1.54, 1.807) is 6.07 Å². The topological polar surface area (TPSA) is 57.5 Å². The van der Waals surface area contributed by atoms with Crippen molar-refractivity contribution in [3.63, 3.8) is 0 Å². The van der Waals surface area contributed by atoms with Gasteiger partial charge in [-0.1, -0.05) is 43.2 Å². The molecule has 0 unspecified atom stereocenters. The number of aliphatic carboxylic acids is 1. The number of carboxylic acid groups (broad SMARTS) is 1. The molecule has 0 aromatic heterocycles. The molecule has 0 spiro atoms. The van der Waals surface area contributed by atoms with Crippen LogP contribution in [-0.4, -0.2) is 16.2 Å². The fraction of sp³-hybridized carbons (Fsp3) is 0.312. The molecule has 1 aliphatic rings. The van der Waals surface area contributed by atoms with Crippen LogP contribution >= 0.6 is 0 Å². The summed E-state index contributed by atoms with van der Waals surface area (Å²) in [5.74, 6) is -0.723. The predicted octanol–water partition coefficient (Wildman–Crippen LogP) is 3.44. The zero-order chi connectivity index (χ0) is 13.5. The fourth-order valence-corrected chi connectivity index (χ4v) is 3.31. The number of carbonyl (C=O) groups is 1. The Morgan fingerprint density at radius 2 is 1.74 bits per heavy atom. The second-order valence-corrected chi connectivity index (χ2v) is 5.28. The van der Waals surface area contributed by atoms with Crippen molar-refractivity contribution in [3.8, 4) is 5.75 Å². The van der Waals surface area contributed by atoms with Crippen LogP contribution < -0.4 is 0 Å². The van der Waals surface area contributed by atoms with E-state index >= 15 is 0 Å². The monoisotopic (exact) mass is 256 g/mol. The third-order valence-electron chi connectivity index (χ3n) is 4.25. The molecule has 0 atom stereocenters. The highest BCUT2D eigenvalue weighted by Crippen LogP contribution is 2.47. The molecule has 2 N–H and O–H groups in total. The quantitative estimate of drug-likeness (QED) is 0.865. The summed E-state index contributed by atoms with van der Waals surface area (Å²) in [6.45, 7) is 0.